The average molecular weight is 245 g/mol. The molecule has 0 saturated carbocycles. The number of benzene rings is 1. The van der Waals surface area contributed by atoms with Crippen molar-refractivity contribution in [3.8, 4) is 0 Å². The van der Waals surface area contributed by atoms with E-state index in [1.807, 2.05) is 32.0 Å². The second-order valence-electron chi connectivity index (χ2n) is 4.36. The number of nitrogens with two attached hydrogens (primary N) is 1. The van der Waals surface area contributed by atoms with Crippen LogP contribution in [0.3, 0.4) is 0 Å². The largest absolute Gasteiger partial charge is 0.271 e. The molecule has 3 nitrogen and oxygen atoms in total. The molecule has 0 aliphatic rings. The molecule has 1 atom stereocenters. The minimum atomic E-state index is -0.367. The Labute approximate surface area is 106 Å². The number of nitrogens with zero attached hydrogens (tertiary/aromatic N) is 1. The highest BCUT2D eigenvalue weighted by Crippen LogP contribution is 2.27. The summed E-state index contributed by atoms with van der Waals surface area (Å²) in [6, 6.07) is 6.75. The van der Waals surface area contributed by atoms with Crippen LogP contribution in [0, 0.1) is 19.7 Å². The number of aryl methyl sites for hydroxylation is 2. The summed E-state index contributed by atoms with van der Waals surface area (Å²) in [6.07, 6.45) is 3.34. The monoisotopic (exact) mass is 245 g/mol. The zero-order chi connectivity index (χ0) is 13.1. The molecule has 1 heterocycles. The zero-order valence-corrected chi connectivity index (χ0v) is 10.4. The summed E-state index contributed by atoms with van der Waals surface area (Å²) >= 11 is 0. The first-order valence-electron chi connectivity index (χ1n) is 5.76. The molecule has 0 radical (unpaired) electrons. The SMILES string of the molecule is Cc1cc(C)c(C(NN)c2ccncc2)c(F)c1. The molecule has 1 aromatic carbocycles. The quantitative estimate of drug-likeness (QED) is 0.645. The van der Waals surface area contributed by atoms with E-state index in [1.165, 1.54) is 6.07 Å². The zero-order valence-electron chi connectivity index (χ0n) is 10.4. The van der Waals surface area contributed by atoms with Crippen LogP contribution in [-0.2, 0) is 0 Å². The highest BCUT2D eigenvalue weighted by molar-refractivity contribution is 5.39. The van der Waals surface area contributed by atoms with E-state index in [-0.39, 0.29) is 11.9 Å². The van der Waals surface area contributed by atoms with Crippen LogP contribution in [0.5, 0.6) is 0 Å². The van der Waals surface area contributed by atoms with E-state index in [0.717, 1.165) is 16.7 Å². The van der Waals surface area contributed by atoms with Gasteiger partial charge in [0.1, 0.15) is 5.82 Å². The maximum atomic E-state index is 14.1. The van der Waals surface area contributed by atoms with Crippen molar-refractivity contribution in [2.45, 2.75) is 19.9 Å². The van der Waals surface area contributed by atoms with Crippen molar-refractivity contribution in [1.82, 2.24) is 10.4 Å². The summed E-state index contributed by atoms with van der Waals surface area (Å²) in [5.41, 5.74) is 5.92. The Morgan fingerprint density at radius 1 is 1.22 bits per heavy atom. The van der Waals surface area contributed by atoms with Gasteiger partial charge in [0.05, 0.1) is 6.04 Å². The van der Waals surface area contributed by atoms with E-state index in [0.29, 0.717) is 5.56 Å². The first-order chi connectivity index (χ1) is 8.63. The Kier molecular flexibility index (Phi) is 3.69. The molecule has 0 aliphatic heterocycles. The molecular formula is C14H16FN3. The van der Waals surface area contributed by atoms with E-state index in [1.54, 1.807) is 12.4 Å². The lowest BCUT2D eigenvalue weighted by Crippen LogP contribution is -2.30. The van der Waals surface area contributed by atoms with Gasteiger partial charge in [-0.15, -0.1) is 0 Å². The number of nitrogens with one attached hydrogen (secondary N) is 1. The van der Waals surface area contributed by atoms with Crippen LogP contribution in [-0.4, -0.2) is 4.98 Å². The number of aromatic nitrogens is 1. The van der Waals surface area contributed by atoms with Crippen molar-refractivity contribution < 1.29 is 4.39 Å². The summed E-state index contributed by atoms with van der Waals surface area (Å²) in [4.78, 5) is 3.95. The maximum Gasteiger partial charge on any atom is 0.128 e. The van der Waals surface area contributed by atoms with Gasteiger partial charge in [-0.05, 0) is 48.7 Å². The van der Waals surface area contributed by atoms with Crippen LogP contribution in [0.2, 0.25) is 0 Å². The molecule has 1 unspecified atom stereocenters. The molecule has 18 heavy (non-hydrogen) atoms. The number of pyridine rings is 1. The number of halogens is 1. The predicted octanol–water partition coefficient (Wildman–Crippen LogP) is 2.39. The Bertz CT molecular complexity index is 517. The predicted molar refractivity (Wildman–Crippen MR) is 69.3 cm³/mol. The molecule has 0 aliphatic carbocycles. The summed E-state index contributed by atoms with van der Waals surface area (Å²) in [5, 5.41) is 0. The summed E-state index contributed by atoms with van der Waals surface area (Å²) in [5.74, 6) is 5.33. The van der Waals surface area contributed by atoms with Crippen LogP contribution in [0.15, 0.2) is 36.7 Å². The third kappa shape index (κ3) is 2.39. The average Bonchev–Trinajstić information content (AvgIpc) is 2.34. The maximum absolute atomic E-state index is 14.1. The Morgan fingerprint density at radius 3 is 2.44 bits per heavy atom. The Hall–Kier alpha value is -1.78. The minimum absolute atomic E-state index is 0.243. The lowest BCUT2D eigenvalue weighted by Gasteiger charge is -2.20. The summed E-state index contributed by atoms with van der Waals surface area (Å²) < 4.78 is 14.1. The second kappa shape index (κ2) is 5.25. The van der Waals surface area contributed by atoms with Crippen LogP contribution in [0.4, 0.5) is 4.39 Å². The van der Waals surface area contributed by atoms with Crippen molar-refractivity contribution in [2.75, 3.05) is 0 Å². The first kappa shape index (κ1) is 12.7. The van der Waals surface area contributed by atoms with Crippen LogP contribution in [0.25, 0.3) is 0 Å². The van der Waals surface area contributed by atoms with E-state index in [9.17, 15) is 4.39 Å². The van der Waals surface area contributed by atoms with Crippen LogP contribution >= 0.6 is 0 Å². The molecule has 0 amide bonds. The molecule has 0 fully saturated rings. The van der Waals surface area contributed by atoms with Gasteiger partial charge >= 0.3 is 0 Å². The molecular weight excluding hydrogens is 229 g/mol. The molecule has 94 valence electrons. The minimum Gasteiger partial charge on any atom is -0.271 e. The molecule has 1 aromatic heterocycles. The van der Waals surface area contributed by atoms with Gasteiger partial charge in [0, 0.05) is 18.0 Å². The smallest absolute Gasteiger partial charge is 0.128 e. The fourth-order valence-corrected chi connectivity index (χ4v) is 2.19. The highest BCUT2D eigenvalue weighted by Gasteiger charge is 2.19. The van der Waals surface area contributed by atoms with Crippen molar-refractivity contribution in [2.24, 2.45) is 5.84 Å². The fourth-order valence-electron chi connectivity index (χ4n) is 2.19. The molecule has 0 saturated heterocycles. The van der Waals surface area contributed by atoms with Gasteiger partial charge in [-0.3, -0.25) is 10.8 Å². The van der Waals surface area contributed by atoms with E-state index in [4.69, 9.17) is 5.84 Å². The van der Waals surface area contributed by atoms with E-state index in [2.05, 4.69) is 10.4 Å². The third-order valence-electron chi connectivity index (χ3n) is 2.98. The molecule has 2 aromatic rings. The lowest BCUT2D eigenvalue weighted by molar-refractivity contribution is 0.556. The van der Waals surface area contributed by atoms with Crippen molar-refractivity contribution in [3.63, 3.8) is 0 Å². The normalized spacial score (nSPS) is 12.4. The summed E-state index contributed by atoms with van der Waals surface area (Å²) in [6.45, 7) is 3.76. The van der Waals surface area contributed by atoms with E-state index < -0.39 is 0 Å². The molecule has 2 rings (SSSR count). The van der Waals surface area contributed by atoms with Gasteiger partial charge < -0.3 is 0 Å². The van der Waals surface area contributed by atoms with Gasteiger partial charge in [-0.1, -0.05) is 6.07 Å². The number of hydrogen-bond acceptors (Lipinski definition) is 3. The van der Waals surface area contributed by atoms with Gasteiger partial charge in [0.15, 0.2) is 0 Å². The highest BCUT2D eigenvalue weighted by atomic mass is 19.1. The lowest BCUT2D eigenvalue weighted by atomic mass is 9.94. The molecule has 0 spiro atoms. The number of hydrogen-bond donors (Lipinski definition) is 2. The first-order valence-corrected chi connectivity index (χ1v) is 5.76. The number of rotatable bonds is 3. The van der Waals surface area contributed by atoms with Gasteiger partial charge in [-0.2, -0.15) is 0 Å². The van der Waals surface area contributed by atoms with Crippen molar-refractivity contribution in [1.29, 1.82) is 0 Å². The van der Waals surface area contributed by atoms with E-state index >= 15 is 0 Å². The topological polar surface area (TPSA) is 50.9 Å². The molecule has 4 heteroatoms. The standard InChI is InChI=1S/C14H16FN3/c1-9-7-10(2)13(12(15)8-9)14(18-16)11-3-5-17-6-4-11/h3-8,14,18H,16H2,1-2H3. The third-order valence-corrected chi connectivity index (χ3v) is 2.98. The Morgan fingerprint density at radius 2 is 1.89 bits per heavy atom. The van der Waals surface area contributed by atoms with Crippen molar-refractivity contribution >= 4 is 0 Å². The second-order valence-corrected chi connectivity index (χ2v) is 4.36. The fraction of sp³-hybridized carbons (Fsp3) is 0.214. The number of hydrazine groups is 1. The molecule has 0 bridgehead atoms. The van der Waals surface area contributed by atoms with Crippen LogP contribution in [0.1, 0.15) is 28.3 Å². The van der Waals surface area contributed by atoms with Crippen LogP contribution < -0.4 is 11.3 Å². The molecule has 3 N–H and O–H groups in total. The van der Waals surface area contributed by atoms with Gasteiger partial charge in [-0.25, -0.2) is 9.82 Å². The Balaban J connectivity index is 2.52. The van der Waals surface area contributed by atoms with Gasteiger partial charge in [0.25, 0.3) is 0 Å². The summed E-state index contributed by atoms with van der Waals surface area (Å²) in [7, 11) is 0. The van der Waals surface area contributed by atoms with Gasteiger partial charge in [0.2, 0.25) is 0 Å². The van der Waals surface area contributed by atoms with Crippen molar-refractivity contribution in [3.05, 3.63) is 64.7 Å².